The molecule has 0 nitrogen and oxygen atoms in total. The number of thioether (sulfide) groups is 1. The van der Waals surface area contributed by atoms with E-state index in [1.165, 1.54) is 18.8 Å². The van der Waals surface area contributed by atoms with E-state index < -0.39 is 0 Å². The van der Waals surface area contributed by atoms with Gasteiger partial charge in [-0.2, -0.15) is 0 Å². The van der Waals surface area contributed by atoms with Crippen LogP contribution in [0.5, 0.6) is 0 Å². The molecule has 0 radical (unpaired) electrons. The highest BCUT2D eigenvalue weighted by molar-refractivity contribution is 9.10. The van der Waals surface area contributed by atoms with E-state index >= 15 is 0 Å². The maximum absolute atomic E-state index is 3.56. The van der Waals surface area contributed by atoms with E-state index in [4.69, 9.17) is 0 Å². The zero-order chi connectivity index (χ0) is 9.26. The lowest BCUT2D eigenvalue weighted by Crippen LogP contribution is -1.64. The Hall–Kier alpha value is 0.01000. The van der Waals surface area contributed by atoms with Crippen LogP contribution in [0.3, 0.4) is 0 Å². The molecule has 0 fully saturated rings. The topological polar surface area (TPSA) is 0 Å². The molecule has 68 valence electrons. The lowest BCUT2D eigenvalue weighted by atomic mass is 10.3. The predicted molar refractivity (Wildman–Crippen MR) is 65.9 cm³/mol. The van der Waals surface area contributed by atoms with E-state index in [9.17, 15) is 0 Å². The summed E-state index contributed by atoms with van der Waals surface area (Å²) < 4.78 is 3.97. The summed E-state index contributed by atoms with van der Waals surface area (Å²) in [6, 6.07) is 8.61. The Morgan fingerprint density at radius 1 is 1.46 bits per heavy atom. The van der Waals surface area contributed by atoms with Crippen molar-refractivity contribution < 1.29 is 0 Å². The molecule has 0 spiro atoms. The Morgan fingerprint density at radius 2 is 2.31 bits per heavy atom. The summed E-state index contributed by atoms with van der Waals surface area (Å²) in [5, 5.41) is 1.34. The van der Waals surface area contributed by atoms with Crippen LogP contribution in [-0.4, -0.2) is 5.75 Å². The number of hydrogen-bond donors (Lipinski definition) is 0. The Kier molecular flexibility index (Phi) is 2.96. The first-order valence-electron chi connectivity index (χ1n) is 4.12. The summed E-state index contributed by atoms with van der Waals surface area (Å²) >= 11 is 7.34. The average Bonchev–Trinajstić information content (AvgIpc) is 2.49. The summed E-state index contributed by atoms with van der Waals surface area (Å²) in [4.78, 5) is 0. The lowest BCUT2D eigenvalue weighted by molar-refractivity contribution is 1.51. The number of fused-ring (bicyclic) bond motifs is 1. The van der Waals surface area contributed by atoms with Gasteiger partial charge in [-0.05, 0) is 24.0 Å². The minimum absolute atomic E-state index is 1.14. The smallest absolute Gasteiger partial charge is 0.0611 e. The fraction of sp³-hybridized carbons (Fsp3) is 0.200. The van der Waals surface area contributed by atoms with Gasteiger partial charge in [-0.1, -0.05) is 28.9 Å². The standard InChI is InChI=1S/C10H9BrS2/c1-2-12-10-6-7-8(11)4-3-5-9(7)13-10/h3-6H,2H2,1H3. The first-order valence-corrected chi connectivity index (χ1v) is 6.71. The predicted octanol–water partition coefficient (Wildman–Crippen LogP) is 4.78. The monoisotopic (exact) mass is 272 g/mol. The highest BCUT2D eigenvalue weighted by atomic mass is 79.9. The van der Waals surface area contributed by atoms with Gasteiger partial charge in [0.2, 0.25) is 0 Å². The third kappa shape index (κ3) is 1.92. The van der Waals surface area contributed by atoms with Crippen LogP contribution in [0.4, 0.5) is 0 Å². The van der Waals surface area contributed by atoms with Gasteiger partial charge in [0.15, 0.2) is 0 Å². The molecule has 0 aliphatic heterocycles. The molecular weight excluding hydrogens is 264 g/mol. The number of hydrogen-bond acceptors (Lipinski definition) is 2. The molecule has 0 aliphatic carbocycles. The molecule has 1 heterocycles. The van der Waals surface area contributed by atoms with E-state index in [-0.39, 0.29) is 0 Å². The Morgan fingerprint density at radius 3 is 3.00 bits per heavy atom. The molecule has 0 bridgehead atoms. The van der Waals surface area contributed by atoms with Gasteiger partial charge < -0.3 is 0 Å². The third-order valence-electron chi connectivity index (χ3n) is 1.77. The quantitative estimate of drug-likeness (QED) is 0.710. The molecule has 0 aliphatic rings. The molecule has 0 N–H and O–H groups in total. The largest absolute Gasteiger partial charge is 0.129 e. The summed E-state index contributed by atoms with van der Waals surface area (Å²) in [6.45, 7) is 2.18. The molecule has 0 amide bonds. The first-order chi connectivity index (χ1) is 6.31. The van der Waals surface area contributed by atoms with Crippen LogP contribution in [0.25, 0.3) is 10.1 Å². The summed E-state index contributed by atoms with van der Waals surface area (Å²) in [6.07, 6.45) is 0. The van der Waals surface area contributed by atoms with Gasteiger partial charge in [-0.3, -0.25) is 0 Å². The Bertz CT molecular complexity index is 420. The maximum Gasteiger partial charge on any atom is 0.0611 e. The summed E-state index contributed by atoms with van der Waals surface area (Å²) in [5.41, 5.74) is 0. The van der Waals surface area contributed by atoms with E-state index in [1.807, 2.05) is 23.1 Å². The summed E-state index contributed by atoms with van der Waals surface area (Å²) in [7, 11) is 0. The van der Waals surface area contributed by atoms with Gasteiger partial charge in [0.1, 0.15) is 0 Å². The fourth-order valence-electron chi connectivity index (χ4n) is 1.22. The van der Waals surface area contributed by atoms with Gasteiger partial charge in [0.25, 0.3) is 0 Å². The maximum atomic E-state index is 3.56. The molecule has 0 saturated carbocycles. The highest BCUT2D eigenvalue weighted by Crippen LogP contribution is 2.36. The van der Waals surface area contributed by atoms with Crippen molar-refractivity contribution in [1.82, 2.24) is 0 Å². The molecular formula is C10H9BrS2. The molecule has 0 atom stereocenters. The molecule has 2 rings (SSSR count). The van der Waals surface area contributed by atoms with Crippen molar-refractivity contribution >= 4 is 49.1 Å². The number of halogens is 1. The molecule has 1 aromatic heterocycles. The van der Waals surface area contributed by atoms with Crippen LogP contribution >= 0.6 is 39.0 Å². The number of benzene rings is 1. The number of thiophene rings is 1. The van der Waals surface area contributed by atoms with E-state index in [2.05, 4.69) is 47.1 Å². The second kappa shape index (κ2) is 4.03. The average molecular weight is 273 g/mol. The van der Waals surface area contributed by atoms with E-state index in [1.54, 1.807) is 0 Å². The second-order valence-electron chi connectivity index (χ2n) is 2.65. The lowest BCUT2D eigenvalue weighted by Gasteiger charge is -1.89. The van der Waals surface area contributed by atoms with E-state index in [0.29, 0.717) is 0 Å². The molecule has 1 aromatic carbocycles. The van der Waals surface area contributed by atoms with Crippen molar-refractivity contribution in [3.63, 3.8) is 0 Å². The van der Waals surface area contributed by atoms with Gasteiger partial charge in [-0.15, -0.1) is 23.1 Å². The van der Waals surface area contributed by atoms with Gasteiger partial charge in [-0.25, -0.2) is 0 Å². The van der Waals surface area contributed by atoms with Crippen molar-refractivity contribution in [2.45, 2.75) is 11.1 Å². The minimum atomic E-state index is 1.14. The fourth-order valence-corrected chi connectivity index (χ4v) is 3.99. The Labute approximate surface area is 94.5 Å². The summed E-state index contributed by atoms with van der Waals surface area (Å²) in [5.74, 6) is 1.14. The molecule has 3 heteroatoms. The first kappa shape index (κ1) is 9.56. The molecule has 0 unspecified atom stereocenters. The number of rotatable bonds is 2. The zero-order valence-electron chi connectivity index (χ0n) is 7.21. The Balaban J connectivity index is 2.55. The van der Waals surface area contributed by atoms with Crippen LogP contribution in [-0.2, 0) is 0 Å². The third-order valence-corrected chi connectivity index (χ3v) is 4.65. The van der Waals surface area contributed by atoms with Crippen LogP contribution in [0, 0.1) is 0 Å². The molecule has 13 heavy (non-hydrogen) atoms. The van der Waals surface area contributed by atoms with Crippen molar-refractivity contribution in [2.75, 3.05) is 5.75 Å². The SMILES string of the molecule is CCSc1cc2c(Br)cccc2s1. The van der Waals surface area contributed by atoms with Gasteiger partial charge in [0.05, 0.1) is 4.21 Å². The van der Waals surface area contributed by atoms with Crippen LogP contribution < -0.4 is 0 Å². The van der Waals surface area contributed by atoms with E-state index in [0.717, 1.165) is 5.75 Å². The zero-order valence-corrected chi connectivity index (χ0v) is 10.4. The van der Waals surface area contributed by atoms with Crippen molar-refractivity contribution in [2.24, 2.45) is 0 Å². The highest BCUT2D eigenvalue weighted by Gasteiger charge is 2.03. The van der Waals surface area contributed by atoms with Crippen molar-refractivity contribution in [1.29, 1.82) is 0 Å². The van der Waals surface area contributed by atoms with Crippen LogP contribution in [0.15, 0.2) is 32.9 Å². The van der Waals surface area contributed by atoms with Crippen LogP contribution in [0.2, 0.25) is 0 Å². The molecule has 2 aromatic rings. The van der Waals surface area contributed by atoms with Gasteiger partial charge >= 0.3 is 0 Å². The van der Waals surface area contributed by atoms with Gasteiger partial charge in [0, 0.05) is 14.6 Å². The second-order valence-corrected chi connectivity index (χ2v) is 6.15. The van der Waals surface area contributed by atoms with Crippen molar-refractivity contribution in [3.05, 3.63) is 28.7 Å². The molecule has 0 saturated heterocycles. The van der Waals surface area contributed by atoms with Crippen LogP contribution in [0.1, 0.15) is 6.92 Å². The minimum Gasteiger partial charge on any atom is -0.129 e. The normalized spacial score (nSPS) is 10.9. The van der Waals surface area contributed by atoms with Crippen molar-refractivity contribution in [3.8, 4) is 0 Å².